The molecule has 2 rings (SSSR count). The molecule has 1 fully saturated rings. The molecule has 1 heteroatoms. The Labute approximate surface area is 117 Å². The minimum atomic E-state index is 0.698. The van der Waals surface area contributed by atoms with Crippen molar-refractivity contribution < 1.29 is 0 Å². The molecule has 0 spiro atoms. The van der Waals surface area contributed by atoms with Crippen LogP contribution in [0.5, 0.6) is 0 Å². The van der Waals surface area contributed by atoms with E-state index in [-0.39, 0.29) is 0 Å². The zero-order valence-electron chi connectivity index (χ0n) is 11.8. The van der Waals surface area contributed by atoms with Crippen LogP contribution in [0.25, 0.3) is 0 Å². The monoisotopic (exact) mass is 253 g/mol. The highest BCUT2D eigenvalue weighted by molar-refractivity contribution is 5.33. The van der Waals surface area contributed by atoms with Gasteiger partial charge in [0.15, 0.2) is 0 Å². The summed E-state index contributed by atoms with van der Waals surface area (Å²) >= 11 is 0. The quantitative estimate of drug-likeness (QED) is 0.677. The third kappa shape index (κ3) is 3.96. The van der Waals surface area contributed by atoms with Gasteiger partial charge in [-0.05, 0) is 61.6 Å². The molecule has 1 aromatic rings. The van der Waals surface area contributed by atoms with Crippen LogP contribution >= 0.6 is 0 Å². The zero-order chi connectivity index (χ0) is 13.5. The fourth-order valence-electron chi connectivity index (χ4n) is 2.93. The normalized spacial score (nSPS) is 23.4. The second-order valence-corrected chi connectivity index (χ2v) is 5.56. The number of allylic oxidation sites excluding steroid dienone is 2. The summed E-state index contributed by atoms with van der Waals surface area (Å²) in [5, 5.41) is 8.82. The predicted octanol–water partition coefficient (Wildman–Crippen LogP) is 5.19. The van der Waals surface area contributed by atoms with E-state index in [9.17, 15) is 0 Å². The Balaban J connectivity index is 1.87. The summed E-state index contributed by atoms with van der Waals surface area (Å²) in [6.07, 6.45) is 12.4. The lowest BCUT2D eigenvalue weighted by Crippen LogP contribution is -2.11. The summed E-state index contributed by atoms with van der Waals surface area (Å²) in [6.45, 7) is 2.23. The van der Waals surface area contributed by atoms with Gasteiger partial charge in [-0.15, -0.1) is 0 Å². The number of nitrogens with zero attached hydrogens (tertiary/aromatic N) is 1. The van der Waals surface area contributed by atoms with Crippen LogP contribution in [0.4, 0.5) is 0 Å². The van der Waals surface area contributed by atoms with Crippen LogP contribution < -0.4 is 0 Å². The fourth-order valence-corrected chi connectivity index (χ4v) is 2.93. The molecule has 1 saturated carbocycles. The highest BCUT2D eigenvalue weighted by Crippen LogP contribution is 2.36. The first kappa shape index (κ1) is 13.9. The summed E-state index contributed by atoms with van der Waals surface area (Å²) < 4.78 is 0. The van der Waals surface area contributed by atoms with Crippen molar-refractivity contribution in [1.82, 2.24) is 0 Å². The maximum Gasteiger partial charge on any atom is 0.0991 e. The van der Waals surface area contributed by atoms with Crippen LogP contribution in [0.2, 0.25) is 0 Å². The van der Waals surface area contributed by atoms with Gasteiger partial charge in [-0.25, -0.2) is 0 Å². The predicted molar refractivity (Wildman–Crippen MR) is 79.9 cm³/mol. The average molecular weight is 253 g/mol. The van der Waals surface area contributed by atoms with Crippen molar-refractivity contribution in [2.75, 3.05) is 0 Å². The molecule has 1 nitrogen and oxygen atoms in total. The summed E-state index contributed by atoms with van der Waals surface area (Å²) in [7, 11) is 0. The van der Waals surface area contributed by atoms with Gasteiger partial charge in [0.1, 0.15) is 0 Å². The first-order valence-corrected chi connectivity index (χ1v) is 7.50. The molecule has 19 heavy (non-hydrogen) atoms. The van der Waals surface area contributed by atoms with Crippen molar-refractivity contribution in [2.24, 2.45) is 5.92 Å². The molecule has 100 valence electrons. The molecule has 0 saturated heterocycles. The molecule has 0 aromatic heterocycles. The van der Waals surface area contributed by atoms with E-state index in [1.54, 1.807) is 0 Å². The van der Waals surface area contributed by atoms with E-state index < -0.39 is 0 Å². The second-order valence-electron chi connectivity index (χ2n) is 5.56. The molecule has 0 atom stereocenters. The smallest absolute Gasteiger partial charge is 0.0991 e. The van der Waals surface area contributed by atoms with Crippen molar-refractivity contribution in [3.8, 4) is 6.07 Å². The van der Waals surface area contributed by atoms with Gasteiger partial charge in [0.25, 0.3) is 0 Å². The number of rotatable bonds is 4. The molecular formula is C18H23N. The Bertz CT molecular complexity index is 442. The second kappa shape index (κ2) is 7.14. The molecule has 0 radical (unpaired) electrons. The number of nitriles is 1. The number of hydrogen-bond acceptors (Lipinski definition) is 1. The maximum absolute atomic E-state index is 8.82. The standard InChI is InChI=1S/C18H23N/c1-2-3-4-5-15-6-10-17(11-7-15)18-12-8-16(14-19)9-13-18/h4-5,8-9,12-13,15,17H,2-3,6-7,10-11H2,1H3/b5-4+/t15-,17-. The van der Waals surface area contributed by atoms with E-state index in [1.165, 1.54) is 44.1 Å². The molecule has 0 N–H and O–H groups in total. The van der Waals surface area contributed by atoms with E-state index in [4.69, 9.17) is 5.26 Å². The van der Waals surface area contributed by atoms with Crippen molar-refractivity contribution >= 4 is 0 Å². The SMILES string of the molecule is CCC/C=C/[C@H]1CC[C@H](c2ccc(C#N)cc2)CC1. The average Bonchev–Trinajstić information content (AvgIpc) is 2.48. The van der Waals surface area contributed by atoms with E-state index in [0.717, 1.165) is 11.5 Å². The molecule has 1 aliphatic rings. The summed E-state index contributed by atoms with van der Waals surface area (Å²) in [5.74, 6) is 1.49. The summed E-state index contributed by atoms with van der Waals surface area (Å²) in [4.78, 5) is 0. The Kier molecular flexibility index (Phi) is 5.21. The van der Waals surface area contributed by atoms with Gasteiger partial charge in [-0.1, -0.05) is 37.6 Å². The molecule has 1 aliphatic carbocycles. The van der Waals surface area contributed by atoms with E-state index in [0.29, 0.717) is 5.92 Å². The van der Waals surface area contributed by atoms with Crippen LogP contribution in [0.3, 0.4) is 0 Å². The topological polar surface area (TPSA) is 23.8 Å². The molecule has 0 heterocycles. The minimum Gasteiger partial charge on any atom is -0.192 e. The van der Waals surface area contributed by atoms with Gasteiger partial charge >= 0.3 is 0 Å². The fraction of sp³-hybridized carbons (Fsp3) is 0.500. The lowest BCUT2D eigenvalue weighted by atomic mass is 9.78. The van der Waals surface area contributed by atoms with Crippen LogP contribution in [-0.2, 0) is 0 Å². The van der Waals surface area contributed by atoms with Gasteiger partial charge in [0, 0.05) is 0 Å². The van der Waals surface area contributed by atoms with Crippen molar-refractivity contribution in [2.45, 2.75) is 51.4 Å². The van der Waals surface area contributed by atoms with Crippen LogP contribution in [-0.4, -0.2) is 0 Å². The van der Waals surface area contributed by atoms with Crippen molar-refractivity contribution in [3.63, 3.8) is 0 Å². The highest BCUT2D eigenvalue weighted by Gasteiger charge is 2.20. The van der Waals surface area contributed by atoms with Crippen LogP contribution in [0.15, 0.2) is 36.4 Å². The number of hydrogen-bond donors (Lipinski definition) is 0. The number of benzene rings is 1. The first-order valence-electron chi connectivity index (χ1n) is 7.50. The van der Waals surface area contributed by atoms with E-state index >= 15 is 0 Å². The van der Waals surface area contributed by atoms with Gasteiger partial charge in [-0.2, -0.15) is 5.26 Å². The first-order chi connectivity index (χ1) is 9.33. The molecule has 0 unspecified atom stereocenters. The lowest BCUT2D eigenvalue weighted by Gasteiger charge is -2.27. The molecule has 1 aromatic carbocycles. The largest absolute Gasteiger partial charge is 0.192 e. The van der Waals surface area contributed by atoms with Gasteiger partial charge < -0.3 is 0 Å². The maximum atomic E-state index is 8.82. The van der Waals surface area contributed by atoms with Crippen molar-refractivity contribution in [3.05, 3.63) is 47.5 Å². The summed E-state index contributed by atoms with van der Waals surface area (Å²) in [6, 6.07) is 10.3. The van der Waals surface area contributed by atoms with Crippen molar-refractivity contribution in [1.29, 1.82) is 5.26 Å². The molecule has 0 amide bonds. The minimum absolute atomic E-state index is 0.698. The molecule has 0 aliphatic heterocycles. The Morgan fingerprint density at radius 1 is 1.16 bits per heavy atom. The Morgan fingerprint density at radius 2 is 1.84 bits per heavy atom. The Hall–Kier alpha value is -1.55. The van der Waals surface area contributed by atoms with E-state index in [2.05, 4.69) is 37.3 Å². The van der Waals surface area contributed by atoms with Gasteiger partial charge in [0.2, 0.25) is 0 Å². The van der Waals surface area contributed by atoms with E-state index in [1.807, 2.05) is 12.1 Å². The highest BCUT2D eigenvalue weighted by atomic mass is 14.3. The van der Waals surface area contributed by atoms with Gasteiger partial charge in [-0.3, -0.25) is 0 Å². The molecule has 0 bridgehead atoms. The Morgan fingerprint density at radius 3 is 2.42 bits per heavy atom. The number of unbranched alkanes of at least 4 members (excludes halogenated alkanes) is 1. The van der Waals surface area contributed by atoms with Gasteiger partial charge in [0.05, 0.1) is 11.6 Å². The third-order valence-electron chi connectivity index (χ3n) is 4.15. The lowest BCUT2D eigenvalue weighted by molar-refractivity contribution is 0.375. The summed E-state index contributed by atoms with van der Waals surface area (Å²) in [5.41, 5.74) is 2.18. The zero-order valence-corrected chi connectivity index (χ0v) is 11.8. The molecular weight excluding hydrogens is 230 g/mol. The third-order valence-corrected chi connectivity index (χ3v) is 4.15. The van der Waals surface area contributed by atoms with Crippen LogP contribution in [0, 0.1) is 17.2 Å². The van der Waals surface area contributed by atoms with Crippen LogP contribution in [0.1, 0.15) is 62.5 Å².